The van der Waals surface area contributed by atoms with Gasteiger partial charge in [-0.05, 0) is 55.7 Å². The number of nitrogens with one attached hydrogen (secondary N) is 1. The van der Waals surface area contributed by atoms with Crippen molar-refractivity contribution in [2.45, 2.75) is 19.3 Å². The second-order valence-corrected chi connectivity index (χ2v) is 7.83. The lowest BCUT2D eigenvalue weighted by atomic mass is 10.2. The van der Waals surface area contributed by atoms with Crippen LogP contribution in [0.25, 0.3) is 17.1 Å². The van der Waals surface area contributed by atoms with Gasteiger partial charge >= 0.3 is 0 Å². The van der Waals surface area contributed by atoms with Crippen molar-refractivity contribution in [3.63, 3.8) is 0 Å². The number of benzene rings is 1. The van der Waals surface area contributed by atoms with E-state index in [1.807, 2.05) is 29.8 Å². The smallest absolute Gasteiger partial charge is 0.271 e. The number of aromatic nitrogens is 3. The minimum absolute atomic E-state index is 0.209. The van der Waals surface area contributed by atoms with Crippen molar-refractivity contribution in [2.75, 3.05) is 6.54 Å². The zero-order chi connectivity index (χ0) is 20.1. The number of aryl methyl sites for hydroxylation is 1. The quantitative estimate of drug-likeness (QED) is 0.402. The molecule has 0 aliphatic heterocycles. The molecule has 1 amide bonds. The molecule has 0 bridgehead atoms. The number of halogens is 1. The van der Waals surface area contributed by atoms with Crippen molar-refractivity contribution in [3.05, 3.63) is 76.0 Å². The average Bonchev–Trinajstić information content (AvgIpc) is 3.48. The lowest BCUT2D eigenvalue weighted by molar-refractivity contribution is 0.0947. The lowest BCUT2D eigenvalue weighted by Crippen LogP contribution is -2.25. The second kappa shape index (κ2) is 9.07. The van der Waals surface area contributed by atoms with Crippen LogP contribution >= 0.6 is 22.9 Å². The number of furan rings is 1. The van der Waals surface area contributed by atoms with Crippen molar-refractivity contribution < 1.29 is 9.21 Å². The number of carbonyl (C=O) groups excluding carboxylic acids is 1. The summed E-state index contributed by atoms with van der Waals surface area (Å²) in [6.07, 6.45) is 6.20. The maximum Gasteiger partial charge on any atom is 0.271 e. The fourth-order valence-electron chi connectivity index (χ4n) is 2.94. The van der Waals surface area contributed by atoms with E-state index in [-0.39, 0.29) is 5.91 Å². The van der Waals surface area contributed by atoms with Gasteiger partial charge in [0.25, 0.3) is 5.91 Å². The first-order chi connectivity index (χ1) is 14.2. The van der Waals surface area contributed by atoms with E-state index in [9.17, 15) is 4.79 Å². The molecule has 3 aromatic heterocycles. The summed E-state index contributed by atoms with van der Waals surface area (Å²) in [4.78, 5) is 16.9. The van der Waals surface area contributed by atoms with Crippen LogP contribution in [0.15, 0.2) is 64.7 Å². The van der Waals surface area contributed by atoms with Crippen LogP contribution in [0.4, 0.5) is 0 Å². The lowest BCUT2D eigenvalue weighted by Gasteiger charge is -2.05. The standard InChI is InChI=1S/C21H19ClN4O2S/c22-15-6-8-16(9-7-15)26-18(19-4-3-12-28-19)14-17(25-26)21(27)24-10-2-1-5-20-23-11-13-29-20/h3-4,6-9,11-14H,1-2,5,10H2,(H,24,27). The van der Waals surface area contributed by atoms with Gasteiger partial charge in [-0.25, -0.2) is 9.67 Å². The molecular formula is C21H19ClN4O2S. The second-order valence-electron chi connectivity index (χ2n) is 6.42. The van der Waals surface area contributed by atoms with Gasteiger partial charge in [0.2, 0.25) is 0 Å². The molecule has 29 heavy (non-hydrogen) atoms. The van der Waals surface area contributed by atoms with E-state index in [1.165, 1.54) is 0 Å². The van der Waals surface area contributed by atoms with Gasteiger partial charge in [0.05, 0.1) is 17.0 Å². The van der Waals surface area contributed by atoms with Crippen LogP contribution in [-0.4, -0.2) is 27.2 Å². The van der Waals surface area contributed by atoms with E-state index in [0.717, 1.165) is 30.0 Å². The highest BCUT2D eigenvalue weighted by Crippen LogP contribution is 2.25. The molecule has 6 nitrogen and oxygen atoms in total. The molecule has 0 saturated heterocycles. The summed E-state index contributed by atoms with van der Waals surface area (Å²) in [5, 5.41) is 11.2. The Labute approximate surface area is 177 Å². The third-order valence-corrected chi connectivity index (χ3v) is 5.46. The molecule has 148 valence electrons. The Morgan fingerprint density at radius 2 is 2.07 bits per heavy atom. The fraction of sp³-hybridized carbons (Fsp3) is 0.190. The summed E-state index contributed by atoms with van der Waals surface area (Å²) < 4.78 is 7.21. The van der Waals surface area contributed by atoms with Crippen molar-refractivity contribution in [1.82, 2.24) is 20.1 Å². The minimum atomic E-state index is -0.209. The number of unbranched alkanes of at least 4 members (excludes halogenated alkanes) is 1. The van der Waals surface area contributed by atoms with Crippen LogP contribution in [0, 0.1) is 0 Å². The minimum Gasteiger partial charge on any atom is -0.463 e. The van der Waals surface area contributed by atoms with Gasteiger partial charge in [-0.3, -0.25) is 4.79 Å². The van der Waals surface area contributed by atoms with Crippen LogP contribution in [-0.2, 0) is 6.42 Å². The van der Waals surface area contributed by atoms with Gasteiger partial charge in [0, 0.05) is 29.2 Å². The van der Waals surface area contributed by atoms with E-state index >= 15 is 0 Å². The summed E-state index contributed by atoms with van der Waals surface area (Å²) >= 11 is 7.65. The first-order valence-electron chi connectivity index (χ1n) is 9.27. The van der Waals surface area contributed by atoms with Crippen molar-refractivity contribution in [2.24, 2.45) is 0 Å². The zero-order valence-electron chi connectivity index (χ0n) is 15.5. The predicted molar refractivity (Wildman–Crippen MR) is 114 cm³/mol. The van der Waals surface area contributed by atoms with Crippen LogP contribution < -0.4 is 5.32 Å². The average molecular weight is 427 g/mol. The molecule has 4 rings (SSSR count). The number of nitrogens with zero attached hydrogens (tertiary/aromatic N) is 3. The predicted octanol–water partition coefficient (Wildman–Crippen LogP) is 4.99. The molecule has 8 heteroatoms. The Bertz CT molecular complexity index is 1060. The van der Waals surface area contributed by atoms with Gasteiger partial charge in [-0.1, -0.05) is 11.6 Å². The van der Waals surface area contributed by atoms with E-state index in [2.05, 4.69) is 15.4 Å². The SMILES string of the molecule is O=C(NCCCCc1nccs1)c1cc(-c2ccco2)n(-c2ccc(Cl)cc2)n1. The highest BCUT2D eigenvalue weighted by Gasteiger charge is 2.18. The summed E-state index contributed by atoms with van der Waals surface area (Å²) in [5.41, 5.74) is 1.83. The number of amides is 1. The third kappa shape index (κ3) is 4.75. The van der Waals surface area contributed by atoms with Crippen molar-refractivity contribution in [3.8, 4) is 17.1 Å². The largest absolute Gasteiger partial charge is 0.463 e. The van der Waals surface area contributed by atoms with Gasteiger partial charge < -0.3 is 9.73 Å². The molecule has 4 aromatic rings. The molecule has 0 aliphatic carbocycles. The first-order valence-corrected chi connectivity index (χ1v) is 10.5. The number of carbonyl (C=O) groups is 1. The zero-order valence-corrected chi connectivity index (χ0v) is 17.1. The van der Waals surface area contributed by atoms with E-state index in [1.54, 1.807) is 46.5 Å². The summed E-state index contributed by atoms with van der Waals surface area (Å²) in [5.74, 6) is 0.426. The number of hydrogen-bond acceptors (Lipinski definition) is 5. The van der Waals surface area contributed by atoms with E-state index in [0.29, 0.717) is 28.7 Å². The molecule has 0 saturated carbocycles. The Hall–Kier alpha value is -2.90. The molecule has 1 aromatic carbocycles. The van der Waals surface area contributed by atoms with E-state index in [4.69, 9.17) is 16.0 Å². The Morgan fingerprint density at radius 1 is 1.21 bits per heavy atom. The molecule has 0 spiro atoms. The summed E-state index contributed by atoms with van der Waals surface area (Å²) in [6, 6.07) is 12.6. The molecule has 1 N–H and O–H groups in total. The molecular weight excluding hydrogens is 408 g/mol. The molecule has 0 aliphatic rings. The molecule has 3 heterocycles. The third-order valence-electron chi connectivity index (χ3n) is 4.37. The highest BCUT2D eigenvalue weighted by atomic mass is 35.5. The Morgan fingerprint density at radius 3 is 2.79 bits per heavy atom. The van der Waals surface area contributed by atoms with Crippen molar-refractivity contribution in [1.29, 1.82) is 0 Å². The number of thiazole rings is 1. The number of hydrogen-bond donors (Lipinski definition) is 1. The van der Waals surface area contributed by atoms with Crippen molar-refractivity contribution >= 4 is 28.8 Å². The monoisotopic (exact) mass is 426 g/mol. The van der Waals surface area contributed by atoms with Crippen LogP contribution in [0.5, 0.6) is 0 Å². The Kier molecular flexibility index (Phi) is 6.07. The maximum absolute atomic E-state index is 12.6. The van der Waals surface area contributed by atoms with Gasteiger partial charge in [0.15, 0.2) is 11.5 Å². The first kappa shape index (κ1) is 19.4. The Balaban J connectivity index is 1.45. The van der Waals surface area contributed by atoms with Gasteiger partial charge in [-0.2, -0.15) is 5.10 Å². The summed E-state index contributed by atoms with van der Waals surface area (Å²) in [6.45, 7) is 0.591. The maximum atomic E-state index is 12.6. The number of rotatable bonds is 8. The highest BCUT2D eigenvalue weighted by molar-refractivity contribution is 7.09. The topological polar surface area (TPSA) is 73.0 Å². The summed E-state index contributed by atoms with van der Waals surface area (Å²) in [7, 11) is 0. The van der Waals surface area contributed by atoms with Gasteiger partial charge in [-0.15, -0.1) is 11.3 Å². The fourth-order valence-corrected chi connectivity index (χ4v) is 3.73. The van der Waals surface area contributed by atoms with Crippen LogP contribution in [0.1, 0.15) is 28.3 Å². The molecule has 0 radical (unpaired) electrons. The van der Waals surface area contributed by atoms with E-state index < -0.39 is 0 Å². The molecule has 0 fully saturated rings. The normalized spacial score (nSPS) is 10.9. The molecule has 0 unspecified atom stereocenters. The molecule has 0 atom stereocenters. The van der Waals surface area contributed by atoms with Crippen LogP contribution in [0.3, 0.4) is 0 Å². The van der Waals surface area contributed by atoms with Crippen LogP contribution in [0.2, 0.25) is 5.02 Å². The van der Waals surface area contributed by atoms with Gasteiger partial charge in [0.1, 0.15) is 5.69 Å².